The van der Waals surface area contributed by atoms with Crippen LogP contribution >= 0.6 is 0 Å². The molecule has 0 aromatic rings. The zero-order valence-corrected chi connectivity index (χ0v) is 7.62. The third kappa shape index (κ3) is 2.53. The second-order valence-corrected chi connectivity index (χ2v) is 3.97. The molecule has 0 aliphatic carbocycles. The Morgan fingerprint density at radius 1 is 1.21 bits per heavy atom. The van der Waals surface area contributed by atoms with E-state index in [0.717, 1.165) is 6.92 Å². The maximum absolute atomic E-state index is 12.5. The lowest BCUT2D eigenvalue weighted by Crippen LogP contribution is -2.44. The highest BCUT2D eigenvalue weighted by molar-refractivity contribution is 7.86. The Morgan fingerprint density at radius 2 is 1.57 bits per heavy atom. The Morgan fingerprint density at radius 3 is 1.64 bits per heavy atom. The van der Waals surface area contributed by atoms with Gasteiger partial charge in [0.15, 0.2) is 10.1 Å². The quantitative estimate of drug-likeness (QED) is 0.558. The summed E-state index contributed by atoms with van der Waals surface area (Å²) in [4.78, 5) is 0. The van der Waals surface area contributed by atoms with Crippen molar-refractivity contribution >= 4 is 10.1 Å². The van der Waals surface area contributed by atoms with Crippen LogP contribution in [0.5, 0.6) is 0 Å². The van der Waals surface area contributed by atoms with Crippen molar-refractivity contribution < 1.29 is 34.9 Å². The van der Waals surface area contributed by atoms with Gasteiger partial charge in [0, 0.05) is 0 Å². The molecular formula is C5H6F5O3S-. The van der Waals surface area contributed by atoms with Gasteiger partial charge in [0.1, 0.15) is 5.92 Å². The zero-order valence-electron chi connectivity index (χ0n) is 6.81. The molecule has 0 aromatic heterocycles. The molecule has 3 nitrogen and oxygen atoms in total. The lowest BCUT2D eigenvalue weighted by atomic mass is 10.1. The number of hydrogen-bond donors (Lipinski definition) is 0. The van der Waals surface area contributed by atoms with Crippen molar-refractivity contribution in [1.29, 1.82) is 0 Å². The Kier molecular flexibility index (Phi) is 3.50. The van der Waals surface area contributed by atoms with E-state index in [1.165, 1.54) is 0 Å². The highest BCUT2D eigenvalue weighted by Gasteiger charge is 2.58. The predicted octanol–water partition coefficient (Wildman–Crippen LogP) is 1.71. The molecule has 86 valence electrons. The molecule has 0 saturated carbocycles. The summed E-state index contributed by atoms with van der Waals surface area (Å²) in [6.07, 6.45) is -6.60. The summed E-state index contributed by atoms with van der Waals surface area (Å²) in [5, 5.41) is -5.32. The van der Waals surface area contributed by atoms with E-state index in [4.69, 9.17) is 0 Å². The topological polar surface area (TPSA) is 57.2 Å². The molecule has 0 rings (SSSR count). The van der Waals surface area contributed by atoms with E-state index in [2.05, 4.69) is 0 Å². The van der Waals surface area contributed by atoms with Crippen molar-refractivity contribution in [2.24, 2.45) is 5.92 Å². The van der Waals surface area contributed by atoms with Crippen LogP contribution in [0.4, 0.5) is 22.0 Å². The Labute approximate surface area is 76.7 Å². The van der Waals surface area contributed by atoms with Crippen molar-refractivity contribution in [2.75, 3.05) is 0 Å². The fourth-order valence-electron chi connectivity index (χ4n) is 0.834. The van der Waals surface area contributed by atoms with Gasteiger partial charge in [-0.05, 0) is 6.42 Å². The summed E-state index contributed by atoms with van der Waals surface area (Å²) >= 11 is 0. The highest BCUT2D eigenvalue weighted by atomic mass is 32.2. The molecule has 9 heteroatoms. The summed E-state index contributed by atoms with van der Waals surface area (Å²) in [7, 11) is -6.30. The van der Waals surface area contributed by atoms with Gasteiger partial charge < -0.3 is 4.55 Å². The van der Waals surface area contributed by atoms with Gasteiger partial charge in [-0.1, -0.05) is 6.92 Å². The molecule has 0 fully saturated rings. The molecule has 1 atom stereocenters. The second kappa shape index (κ2) is 3.61. The number of hydrogen-bond acceptors (Lipinski definition) is 3. The Bertz CT molecular complexity index is 293. The van der Waals surface area contributed by atoms with E-state index >= 15 is 0 Å². The maximum Gasteiger partial charge on any atom is 0.398 e. The van der Waals surface area contributed by atoms with Crippen molar-refractivity contribution in [2.45, 2.75) is 24.8 Å². The largest absolute Gasteiger partial charge is 0.743 e. The normalized spacial score (nSPS) is 16.8. The first-order chi connectivity index (χ1) is 5.94. The van der Waals surface area contributed by atoms with Crippen LogP contribution in [-0.2, 0) is 10.1 Å². The molecule has 0 spiro atoms. The Hall–Kier alpha value is -0.440. The van der Waals surface area contributed by atoms with Gasteiger partial charge in [-0.15, -0.1) is 0 Å². The van der Waals surface area contributed by atoms with Crippen molar-refractivity contribution in [3.05, 3.63) is 0 Å². The van der Waals surface area contributed by atoms with Gasteiger partial charge in [-0.3, -0.25) is 0 Å². The molecule has 14 heavy (non-hydrogen) atoms. The Balaban J connectivity index is 5.26. The van der Waals surface area contributed by atoms with E-state index in [1.54, 1.807) is 0 Å². The molecule has 0 aliphatic heterocycles. The van der Waals surface area contributed by atoms with E-state index < -0.39 is 33.9 Å². The van der Waals surface area contributed by atoms with Gasteiger partial charge in [0.25, 0.3) is 0 Å². The minimum Gasteiger partial charge on any atom is -0.743 e. The molecule has 0 N–H and O–H groups in total. The zero-order chi connectivity index (χ0) is 11.8. The van der Waals surface area contributed by atoms with E-state index in [9.17, 15) is 34.9 Å². The SMILES string of the molecule is CCC(C(F)(F)F)C(F)(F)S(=O)(=O)[O-]. The fourth-order valence-corrected chi connectivity index (χ4v) is 1.48. The molecule has 0 radical (unpaired) electrons. The van der Waals surface area contributed by atoms with Crippen LogP contribution in [0.1, 0.15) is 13.3 Å². The summed E-state index contributed by atoms with van der Waals surface area (Å²) in [5.74, 6) is -3.46. The summed E-state index contributed by atoms with van der Waals surface area (Å²) in [6.45, 7) is 0.719. The standard InChI is InChI=1S/C5H7F5O3S/c1-2-3(4(6,7)8)5(9,10)14(11,12)13/h3H,2H2,1H3,(H,11,12,13)/p-1. The maximum atomic E-state index is 12.5. The van der Waals surface area contributed by atoms with Gasteiger partial charge in [-0.25, -0.2) is 8.42 Å². The van der Waals surface area contributed by atoms with E-state index in [-0.39, 0.29) is 0 Å². The monoisotopic (exact) mass is 241 g/mol. The third-order valence-corrected chi connectivity index (χ3v) is 2.49. The smallest absolute Gasteiger partial charge is 0.398 e. The van der Waals surface area contributed by atoms with Gasteiger partial charge in [0.2, 0.25) is 0 Å². The summed E-state index contributed by atoms with van der Waals surface area (Å²) in [6, 6.07) is 0. The molecular weight excluding hydrogens is 235 g/mol. The first-order valence-corrected chi connectivity index (χ1v) is 4.75. The van der Waals surface area contributed by atoms with E-state index in [0.29, 0.717) is 0 Å². The molecule has 0 saturated heterocycles. The first kappa shape index (κ1) is 13.6. The van der Waals surface area contributed by atoms with Crippen LogP contribution < -0.4 is 0 Å². The van der Waals surface area contributed by atoms with Crippen LogP contribution in [0.2, 0.25) is 0 Å². The molecule has 0 aromatic carbocycles. The lowest BCUT2D eigenvalue weighted by Gasteiger charge is -2.29. The third-order valence-electron chi connectivity index (χ3n) is 1.54. The van der Waals surface area contributed by atoms with Gasteiger partial charge in [-0.2, -0.15) is 22.0 Å². The summed E-state index contributed by atoms with van der Waals surface area (Å²) < 4.78 is 90.2. The number of rotatable bonds is 3. The minimum atomic E-state index is -6.30. The van der Waals surface area contributed by atoms with Crippen LogP contribution in [0.3, 0.4) is 0 Å². The number of alkyl halides is 5. The predicted molar refractivity (Wildman–Crippen MR) is 34.5 cm³/mol. The average molecular weight is 241 g/mol. The van der Waals surface area contributed by atoms with Crippen LogP contribution in [-0.4, -0.2) is 24.4 Å². The van der Waals surface area contributed by atoms with Crippen molar-refractivity contribution in [3.8, 4) is 0 Å². The second-order valence-electron chi connectivity index (χ2n) is 2.52. The fraction of sp³-hybridized carbons (Fsp3) is 1.00. The highest BCUT2D eigenvalue weighted by Crippen LogP contribution is 2.42. The van der Waals surface area contributed by atoms with Crippen LogP contribution in [0, 0.1) is 5.92 Å². The van der Waals surface area contributed by atoms with Crippen LogP contribution in [0.15, 0.2) is 0 Å². The van der Waals surface area contributed by atoms with E-state index in [1.807, 2.05) is 0 Å². The molecule has 0 aliphatic rings. The van der Waals surface area contributed by atoms with Gasteiger partial charge in [0.05, 0.1) is 0 Å². The summed E-state index contributed by atoms with van der Waals surface area (Å²) in [5.41, 5.74) is 0. The molecule has 0 heterocycles. The van der Waals surface area contributed by atoms with Gasteiger partial charge >= 0.3 is 11.4 Å². The molecule has 1 unspecified atom stereocenters. The molecule has 0 amide bonds. The first-order valence-electron chi connectivity index (χ1n) is 3.34. The lowest BCUT2D eigenvalue weighted by molar-refractivity contribution is -0.219. The minimum absolute atomic E-state index is 0.719. The number of halogens is 5. The van der Waals surface area contributed by atoms with Crippen molar-refractivity contribution in [3.63, 3.8) is 0 Å². The average Bonchev–Trinajstić information content (AvgIpc) is 1.80. The van der Waals surface area contributed by atoms with Crippen LogP contribution in [0.25, 0.3) is 0 Å². The van der Waals surface area contributed by atoms with Crippen molar-refractivity contribution in [1.82, 2.24) is 0 Å². The molecule has 0 bridgehead atoms.